The van der Waals surface area contributed by atoms with Crippen molar-refractivity contribution in [3.63, 3.8) is 0 Å². The molecule has 4 heterocycles. The Morgan fingerprint density at radius 2 is 1.29 bits per heavy atom. The van der Waals surface area contributed by atoms with Gasteiger partial charge in [0, 0.05) is 30.8 Å². The van der Waals surface area contributed by atoms with E-state index in [4.69, 9.17) is 33.2 Å². The Labute approximate surface area is 323 Å². The molecule has 4 aliphatic carbocycles. The lowest BCUT2D eigenvalue weighted by molar-refractivity contribution is -0.336. The van der Waals surface area contributed by atoms with Gasteiger partial charge in [-0.3, -0.25) is 0 Å². The van der Waals surface area contributed by atoms with Gasteiger partial charge in [-0.15, -0.1) is 0 Å². The number of fused-ring (bicyclic) bond motifs is 5. The van der Waals surface area contributed by atoms with E-state index in [2.05, 4.69) is 6.92 Å². The Hall–Kier alpha value is -1.27. The lowest BCUT2D eigenvalue weighted by atomic mass is 9.42. The van der Waals surface area contributed by atoms with Crippen molar-refractivity contribution >= 4 is 5.97 Å². The minimum absolute atomic E-state index is 0.0452. The van der Waals surface area contributed by atoms with Crippen molar-refractivity contribution in [3.05, 3.63) is 11.6 Å². The molecule has 312 valence electrons. The molecule has 0 unspecified atom stereocenters. The van der Waals surface area contributed by atoms with Gasteiger partial charge in [0.15, 0.2) is 18.9 Å². The summed E-state index contributed by atoms with van der Waals surface area (Å²) in [6.45, 7) is 9.90. The summed E-state index contributed by atoms with van der Waals surface area (Å²) in [5.41, 5.74) is -0.892. The van der Waals surface area contributed by atoms with Gasteiger partial charge in [-0.2, -0.15) is 0 Å². The maximum absolute atomic E-state index is 12.6. The van der Waals surface area contributed by atoms with Crippen LogP contribution in [0.2, 0.25) is 0 Å². The first-order valence-electron chi connectivity index (χ1n) is 20.9. The monoisotopic (exact) mass is 780 g/mol. The lowest BCUT2D eigenvalue weighted by Crippen LogP contribution is -2.67. The molecule has 0 aromatic heterocycles. The second kappa shape index (κ2) is 15.1. The molecule has 0 bridgehead atoms. The predicted molar refractivity (Wildman–Crippen MR) is 193 cm³/mol. The molecule has 55 heavy (non-hydrogen) atoms. The second-order valence-electron chi connectivity index (χ2n) is 18.8. The molecule has 14 nitrogen and oxygen atoms in total. The van der Waals surface area contributed by atoms with Gasteiger partial charge in [-0.1, -0.05) is 13.8 Å². The van der Waals surface area contributed by atoms with Crippen LogP contribution in [0.5, 0.6) is 0 Å². The summed E-state index contributed by atoms with van der Waals surface area (Å²) < 4.78 is 42.1. The van der Waals surface area contributed by atoms with Crippen molar-refractivity contribution in [2.24, 2.45) is 34.5 Å². The maximum Gasteiger partial charge on any atom is 0.331 e. The van der Waals surface area contributed by atoms with Gasteiger partial charge in [0.1, 0.15) is 24.9 Å². The van der Waals surface area contributed by atoms with Crippen LogP contribution in [0.25, 0.3) is 0 Å². The van der Waals surface area contributed by atoms with Crippen molar-refractivity contribution in [1.29, 1.82) is 0 Å². The molecule has 4 aliphatic heterocycles. The highest BCUT2D eigenvalue weighted by Gasteiger charge is 2.71. The summed E-state index contributed by atoms with van der Waals surface area (Å²) in [4.78, 5) is 11.9. The highest BCUT2D eigenvalue weighted by Crippen LogP contribution is 2.70. The second-order valence-corrected chi connectivity index (χ2v) is 18.8. The third-order valence-corrected chi connectivity index (χ3v) is 16.0. The lowest BCUT2D eigenvalue weighted by Gasteiger charge is -2.65. The number of hydrogen-bond acceptors (Lipinski definition) is 14. The van der Waals surface area contributed by atoms with Crippen LogP contribution in [0.3, 0.4) is 0 Å². The van der Waals surface area contributed by atoms with Crippen LogP contribution in [0.4, 0.5) is 0 Å². The van der Waals surface area contributed by atoms with Crippen LogP contribution in [-0.4, -0.2) is 135 Å². The number of carbonyl (C=O) groups is 1. The summed E-state index contributed by atoms with van der Waals surface area (Å²) in [6, 6.07) is 0. The molecular formula is C41H64O14. The summed E-state index contributed by atoms with van der Waals surface area (Å²) in [6.07, 6.45) is -1.51. The predicted octanol–water partition coefficient (Wildman–Crippen LogP) is 2.22. The van der Waals surface area contributed by atoms with Crippen LogP contribution in [0.15, 0.2) is 11.6 Å². The first-order valence-corrected chi connectivity index (χ1v) is 20.9. The number of ether oxygens (including phenoxy) is 7. The maximum atomic E-state index is 12.6. The van der Waals surface area contributed by atoms with Gasteiger partial charge < -0.3 is 63.8 Å². The average molecular weight is 781 g/mol. The highest BCUT2D eigenvalue weighted by atomic mass is 16.7. The first-order chi connectivity index (χ1) is 26.0. The molecule has 0 aromatic rings. The number of rotatable bonds is 7. The van der Waals surface area contributed by atoms with Gasteiger partial charge in [-0.25, -0.2) is 4.79 Å². The molecule has 0 amide bonds. The van der Waals surface area contributed by atoms with Crippen molar-refractivity contribution in [1.82, 2.24) is 0 Å². The first kappa shape index (κ1) is 40.5. The fourth-order valence-electron chi connectivity index (χ4n) is 12.8. The molecule has 21 atom stereocenters. The van der Waals surface area contributed by atoms with E-state index in [1.54, 1.807) is 19.9 Å². The fourth-order valence-corrected chi connectivity index (χ4v) is 12.8. The normalized spacial score (nSPS) is 55.5. The molecule has 0 aromatic carbocycles. The number of esters is 1. The SMILES string of the molecule is C[C@H]1O[C@@H](O[C@@H]2[C@H](O)C[C@@H](O[C@@H]3[C@H](O)C[C@@H](O[C@H]4CC[C@@]5(C)[C@@H](CC[C@H]6[C@H]5C[C@@H](O)[C@]5(C)[C@H](C7=CC(=O)OC7)CC[C@]65O)C4)O[C@@H]3C)O[C@@H]2C)C[C@H](O)[C@@H]1O. The third kappa shape index (κ3) is 6.95. The Balaban J connectivity index is 0.837. The summed E-state index contributed by atoms with van der Waals surface area (Å²) in [5, 5.41) is 66.9. The molecule has 0 spiro atoms. The molecule has 3 saturated heterocycles. The number of aliphatic hydroxyl groups excluding tert-OH is 5. The van der Waals surface area contributed by atoms with Crippen LogP contribution in [0.1, 0.15) is 105 Å². The zero-order valence-electron chi connectivity index (χ0n) is 32.9. The number of carbonyl (C=O) groups excluding carboxylic acids is 1. The molecule has 8 rings (SSSR count). The minimum Gasteiger partial charge on any atom is -0.458 e. The molecular weight excluding hydrogens is 716 g/mol. The smallest absolute Gasteiger partial charge is 0.331 e. The summed E-state index contributed by atoms with van der Waals surface area (Å²) in [7, 11) is 0. The van der Waals surface area contributed by atoms with Crippen LogP contribution in [0, 0.1) is 34.5 Å². The van der Waals surface area contributed by atoms with Gasteiger partial charge in [-0.05, 0) is 107 Å². The Bertz CT molecular complexity index is 1410. The summed E-state index contributed by atoms with van der Waals surface area (Å²) >= 11 is 0. The van der Waals surface area contributed by atoms with E-state index >= 15 is 0 Å². The van der Waals surface area contributed by atoms with E-state index in [-0.39, 0.29) is 61.1 Å². The van der Waals surface area contributed by atoms with E-state index in [1.807, 2.05) is 13.8 Å². The zero-order valence-corrected chi connectivity index (χ0v) is 32.9. The van der Waals surface area contributed by atoms with Crippen molar-refractivity contribution in [2.75, 3.05) is 6.61 Å². The Morgan fingerprint density at radius 3 is 1.87 bits per heavy atom. The van der Waals surface area contributed by atoms with E-state index in [1.165, 1.54) is 0 Å². The van der Waals surface area contributed by atoms with Crippen molar-refractivity contribution in [3.8, 4) is 0 Å². The van der Waals surface area contributed by atoms with E-state index in [9.17, 15) is 35.4 Å². The topological polar surface area (TPSA) is 203 Å². The van der Waals surface area contributed by atoms with E-state index < -0.39 is 90.9 Å². The molecule has 0 radical (unpaired) electrons. The largest absolute Gasteiger partial charge is 0.458 e. The fraction of sp³-hybridized carbons (Fsp3) is 0.927. The highest BCUT2D eigenvalue weighted by molar-refractivity contribution is 5.85. The summed E-state index contributed by atoms with van der Waals surface area (Å²) in [5.74, 6) is 0.204. The molecule has 14 heteroatoms. The van der Waals surface area contributed by atoms with E-state index in [0.717, 1.165) is 44.1 Å². The third-order valence-electron chi connectivity index (χ3n) is 16.0. The van der Waals surface area contributed by atoms with Crippen molar-refractivity contribution < 1.29 is 68.6 Å². The average Bonchev–Trinajstić information content (AvgIpc) is 3.67. The number of aliphatic hydroxyl groups is 6. The van der Waals surface area contributed by atoms with Crippen LogP contribution >= 0.6 is 0 Å². The number of cyclic esters (lactones) is 1. The van der Waals surface area contributed by atoms with Crippen LogP contribution < -0.4 is 0 Å². The standard InChI is InChI=1S/C41H64O14/c1-19-36(47)28(42)15-34(50-19)54-38-21(3)52-35(17-30(38)44)55-37-20(2)51-33(16-29(37)43)53-24-8-10-39(4)23(13-24)6-7-26-27(39)14-31(45)40(5)25(9-11-41(26,40)48)22-12-32(46)49-18-22/h12,19-21,23-31,33-38,42-45,47-48H,6-11,13-18H2,1-5H3/t19-,20-,21-,23+,24+,25+,26+,27-,28+,29-,30-,31-,33-,34+,35-,36-,37+,38+,39+,40+,41+/m1/s1. The minimum atomic E-state index is -1.01. The Morgan fingerprint density at radius 1 is 0.691 bits per heavy atom. The molecule has 7 fully saturated rings. The van der Waals surface area contributed by atoms with Crippen LogP contribution in [-0.2, 0) is 38.0 Å². The van der Waals surface area contributed by atoms with Gasteiger partial charge in [0.05, 0.1) is 54.4 Å². The zero-order chi connectivity index (χ0) is 39.2. The van der Waals surface area contributed by atoms with Crippen molar-refractivity contribution in [2.45, 2.75) is 197 Å². The number of hydrogen-bond donors (Lipinski definition) is 6. The quantitative estimate of drug-likeness (QED) is 0.162. The molecule has 6 N–H and O–H groups in total. The van der Waals surface area contributed by atoms with Gasteiger partial charge in [0.2, 0.25) is 0 Å². The van der Waals surface area contributed by atoms with Gasteiger partial charge >= 0.3 is 5.97 Å². The molecule has 4 saturated carbocycles. The molecule has 8 aliphatic rings. The van der Waals surface area contributed by atoms with E-state index in [0.29, 0.717) is 18.8 Å². The Kier molecular flexibility index (Phi) is 11.1. The van der Waals surface area contributed by atoms with Gasteiger partial charge in [0.25, 0.3) is 0 Å².